The highest BCUT2D eigenvalue weighted by Gasteiger charge is 2.16. The number of amides is 3. The Morgan fingerprint density at radius 1 is 1.12 bits per heavy atom. The maximum absolute atomic E-state index is 11.8. The molecule has 0 aliphatic carbocycles. The van der Waals surface area contributed by atoms with E-state index in [1.54, 1.807) is 20.8 Å². The summed E-state index contributed by atoms with van der Waals surface area (Å²) in [7, 11) is -3.61. The highest BCUT2D eigenvalue weighted by molar-refractivity contribution is 7.89. The molecule has 0 fully saturated rings. The standard InChI is InChI=1S/C15H21N3O6S/c1-4-16-25(22,23)12-7-5-11(6-8-12)14(20)24-9-13(19)18-15(21)17-10(2)3/h5-8,10,16H,4,9H2,1-3H3,(H2,17,18,19,21). The van der Waals surface area contributed by atoms with E-state index in [2.05, 4.69) is 10.0 Å². The van der Waals surface area contributed by atoms with Gasteiger partial charge in [0, 0.05) is 12.6 Å². The van der Waals surface area contributed by atoms with Gasteiger partial charge in [0.1, 0.15) is 0 Å². The van der Waals surface area contributed by atoms with Crippen LogP contribution in [-0.4, -0.2) is 45.5 Å². The van der Waals surface area contributed by atoms with Crippen LogP contribution in [0.15, 0.2) is 29.2 Å². The SMILES string of the molecule is CCNS(=O)(=O)c1ccc(C(=O)OCC(=O)NC(=O)NC(C)C)cc1. The Morgan fingerprint density at radius 2 is 1.72 bits per heavy atom. The summed E-state index contributed by atoms with van der Waals surface area (Å²) in [4.78, 5) is 34.6. The molecule has 0 aromatic heterocycles. The van der Waals surface area contributed by atoms with Gasteiger partial charge in [-0.1, -0.05) is 6.92 Å². The Bertz CT molecular complexity index is 728. The van der Waals surface area contributed by atoms with Crippen molar-refractivity contribution in [3.63, 3.8) is 0 Å². The number of benzene rings is 1. The maximum Gasteiger partial charge on any atom is 0.338 e. The smallest absolute Gasteiger partial charge is 0.338 e. The predicted octanol–water partition coefficient (Wildman–Crippen LogP) is 0.376. The van der Waals surface area contributed by atoms with E-state index < -0.39 is 34.5 Å². The van der Waals surface area contributed by atoms with Crippen LogP contribution in [0.1, 0.15) is 31.1 Å². The van der Waals surface area contributed by atoms with Crippen molar-refractivity contribution < 1.29 is 27.5 Å². The van der Waals surface area contributed by atoms with Crippen molar-refractivity contribution in [1.82, 2.24) is 15.4 Å². The first-order valence-electron chi connectivity index (χ1n) is 7.53. The van der Waals surface area contributed by atoms with Crippen LogP contribution < -0.4 is 15.4 Å². The Balaban J connectivity index is 2.58. The number of nitrogens with one attached hydrogen (secondary N) is 3. The van der Waals surface area contributed by atoms with Crippen LogP contribution in [-0.2, 0) is 19.6 Å². The minimum Gasteiger partial charge on any atom is -0.452 e. The van der Waals surface area contributed by atoms with E-state index in [0.29, 0.717) is 0 Å². The minimum absolute atomic E-state index is 0.00833. The lowest BCUT2D eigenvalue weighted by Gasteiger charge is -2.09. The summed E-state index contributed by atoms with van der Waals surface area (Å²) in [5, 5.41) is 4.46. The molecule has 1 aromatic rings. The zero-order chi connectivity index (χ0) is 19.0. The summed E-state index contributed by atoms with van der Waals surface area (Å²) >= 11 is 0. The van der Waals surface area contributed by atoms with Gasteiger partial charge in [-0.15, -0.1) is 0 Å². The monoisotopic (exact) mass is 371 g/mol. The van der Waals surface area contributed by atoms with Gasteiger partial charge in [-0.2, -0.15) is 0 Å². The van der Waals surface area contributed by atoms with E-state index in [9.17, 15) is 22.8 Å². The Hall–Kier alpha value is -2.46. The van der Waals surface area contributed by atoms with E-state index >= 15 is 0 Å². The molecule has 0 bridgehead atoms. The van der Waals surface area contributed by atoms with Crippen LogP contribution in [0.2, 0.25) is 0 Å². The second-order valence-electron chi connectivity index (χ2n) is 5.28. The molecule has 0 saturated carbocycles. The molecule has 25 heavy (non-hydrogen) atoms. The van der Waals surface area contributed by atoms with E-state index in [4.69, 9.17) is 4.74 Å². The lowest BCUT2D eigenvalue weighted by atomic mass is 10.2. The number of esters is 1. The summed E-state index contributed by atoms with van der Waals surface area (Å²) < 4.78 is 30.7. The van der Waals surface area contributed by atoms with Crippen molar-refractivity contribution in [2.45, 2.75) is 31.7 Å². The zero-order valence-corrected chi connectivity index (χ0v) is 15.0. The number of imide groups is 1. The van der Waals surface area contributed by atoms with E-state index in [1.165, 1.54) is 24.3 Å². The molecule has 0 aliphatic rings. The minimum atomic E-state index is -3.61. The summed E-state index contributed by atoms with van der Waals surface area (Å²) in [6, 6.07) is 4.22. The molecule has 0 radical (unpaired) electrons. The van der Waals surface area contributed by atoms with Gasteiger partial charge in [-0.25, -0.2) is 22.7 Å². The average molecular weight is 371 g/mol. The predicted molar refractivity (Wildman–Crippen MR) is 89.4 cm³/mol. The molecule has 3 amide bonds. The van der Waals surface area contributed by atoms with Crippen molar-refractivity contribution in [2.75, 3.05) is 13.2 Å². The molecule has 138 valence electrons. The Labute approximate surface area is 146 Å². The maximum atomic E-state index is 11.8. The van der Waals surface area contributed by atoms with Gasteiger partial charge < -0.3 is 10.1 Å². The van der Waals surface area contributed by atoms with Gasteiger partial charge >= 0.3 is 12.0 Å². The molecule has 1 aromatic carbocycles. The van der Waals surface area contributed by atoms with E-state index in [0.717, 1.165) is 0 Å². The summed E-state index contributed by atoms with van der Waals surface area (Å²) in [6.07, 6.45) is 0. The fourth-order valence-corrected chi connectivity index (χ4v) is 2.76. The third-order valence-corrected chi connectivity index (χ3v) is 4.30. The van der Waals surface area contributed by atoms with Gasteiger partial charge in [0.15, 0.2) is 6.61 Å². The molecule has 3 N–H and O–H groups in total. The number of sulfonamides is 1. The molecule has 10 heteroatoms. The van der Waals surface area contributed by atoms with Crippen LogP contribution in [0.25, 0.3) is 0 Å². The fourth-order valence-electron chi connectivity index (χ4n) is 1.72. The molecule has 0 heterocycles. The summed E-state index contributed by atoms with van der Waals surface area (Å²) in [6.45, 7) is 4.71. The number of carbonyl (C=O) groups is 3. The Kier molecular flexibility index (Phi) is 7.52. The molecular formula is C15H21N3O6S. The number of ether oxygens (including phenoxy) is 1. The Morgan fingerprint density at radius 3 is 2.24 bits per heavy atom. The van der Waals surface area contributed by atoms with E-state index in [-0.39, 0.29) is 23.0 Å². The zero-order valence-electron chi connectivity index (χ0n) is 14.2. The first kappa shape index (κ1) is 20.6. The van der Waals surface area contributed by atoms with Crippen molar-refractivity contribution in [1.29, 1.82) is 0 Å². The number of rotatable bonds is 7. The first-order chi connectivity index (χ1) is 11.7. The van der Waals surface area contributed by atoms with E-state index in [1.807, 2.05) is 5.32 Å². The normalized spacial score (nSPS) is 11.0. The lowest BCUT2D eigenvalue weighted by Crippen LogP contribution is -2.44. The average Bonchev–Trinajstić information content (AvgIpc) is 2.51. The summed E-state index contributed by atoms with van der Waals surface area (Å²) in [5.41, 5.74) is 0.0786. The number of hydrogen-bond acceptors (Lipinski definition) is 6. The highest BCUT2D eigenvalue weighted by Crippen LogP contribution is 2.11. The van der Waals surface area contributed by atoms with Crippen molar-refractivity contribution in [3.05, 3.63) is 29.8 Å². The molecule has 0 aliphatic heterocycles. The first-order valence-corrected chi connectivity index (χ1v) is 9.01. The van der Waals surface area contributed by atoms with Crippen molar-refractivity contribution in [3.8, 4) is 0 Å². The lowest BCUT2D eigenvalue weighted by molar-refractivity contribution is -0.123. The number of carbonyl (C=O) groups excluding carboxylic acids is 3. The number of hydrogen-bond donors (Lipinski definition) is 3. The molecule has 0 unspecified atom stereocenters. The number of urea groups is 1. The second kappa shape index (κ2) is 9.14. The van der Waals surface area contributed by atoms with Crippen molar-refractivity contribution in [2.24, 2.45) is 0 Å². The molecule has 1 rings (SSSR count). The molecule has 0 atom stereocenters. The quantitative estimate of drug-likeness (QED) is 0.594. The van der Waals surface area contributed by atoms with Gasteiger partial charge in [0.05, 0.1) is 10.5 Å². The second-order valence-corrected chi connectivity index (χ2v) is 7.05. The van der Waals surface area contributed by atoms with Gasteiger partial charge in [-0.05, 0) is 38.1 Å². The van der Waals surface area contributed by atoms with Crippen LogP contribution >= 0.6 is 0 Å². The molecular weight excluding hydrogens is 350 g/mol. The van der Waals surface area contributed by atoms with Gasteiger partial charge in [-0.3, -0.25) is 10.1 Å². The largest absolute Gasteiger partial charge is 0.452 e. The molecule has 0 saturated heterocycles. The van der Waals surface area contributed by atoms with Crippen LogP contribution in [0.4, 0.5) is 4.79 Å². The summed E-state index contributed by atoms with van der Waals surface area (Å²) in [5.74, 6) is -1.59. The highest BCUT2D eigenvalue weighted by atomic mass is 32.2. The molecule has 9 nitrogen and oxygen atoms in total. The third-order valence-electron chi connectivity index (χ3n) is 2.74. The van der Waals surface area contributed by atoms with Crippen LogP contribution in [0.5, 0.6) is 0 Å². The van der Waals surface area contributed by atoms with Gasteiger partial charge in [0.2, 0.25) is 10.0 Å². The third kappa shape index (κ3) is 6.89. The fraction of sp³-hybridized carbons (Fsp3) is 0.400. The topological polar surface area (TPSA) is 131 Å². The van der Waals surface area contributed by atoms with Crippen LogP contribution in [0, 0.1) is 0 Å². The van der Waals surface area contributed by atoms with Gasteiger partial charge in [0.25, 0.3) is 5.91 Å². The van der Waals surface area contributed by atoms with Crippen molar-refractivity contribution >= 4 is 27.9 Å². The van der Waals surface area contributed by atoms with Crippen LogP contribution in [0.3, 0.4) is 0 Å². The molecule has 0 spiro atoms.